The summed E-state index contributed by atoms with van der Waals surface area (Å²) in [6, 6.07) is -1.76. The summed E-state index contributed by atoms with van der Waals surface area (Å²) in [5.74, 6) is -2.98. The van der Waals surface area contributed by atoms with E-state index in [4.69, 9.17) is 10.6 Å². The number of carboxylic acids is 2. The zero-order chi connectivity index (χ0) is 17.0. The molecule has 0 aliphatic carbocycles. The first-order chi connectivity index (χ1) is 10.1. The average molecular weight is 264 g/mol. The molecule has 1 rings (SSSR count). The Morgan fingerprint density at radius 2 is 1.89 bits per heavy atom. The summed E-state index contributed by atoms with van der Waals surface area (Å²) in [4.78, 5) is 22.2. The first kappa shape index (κ1) is 9.68. The molecular weight excluding hydrogens is 240 g/mol. The largest absolute Gasteiger partial charge is 0.481 e. The summed E-state index contributed by atoms with van der Waals surface area (Å²) in [7, 11) is 0. The predicted octanol–water partition coefficient (Wildman–Crippen LogP) is -2.09. The van der Waals surface area contributed by atoms with Crippen molar-refractivity contribution in [2.24, 2.45) is 0 Å². The molecule has 0 saturated carbocycles. The highest BCUT2D eigenvalue weighted by molar-refractivity contribution is 5.80. The monoisotopic (exact) mass is 264 g/mol. The summed E-state index contributed by atoms with van der Waals surface area (Å²) in [5, 5.41) is 23.9. The van der Waals surface area contributed by atoms with Gasteiger partial charge in [-0.15, -0.1) is 0 Å². The quantitative estimate of drug-likeness (QED) is 0.393. The molecule has 0 aromatic heterocycles. The van der Waals surface area contributed by atoms with E-state index in [-0.39, 0.29) is 13.1 Å². The predicted molar refractivity (Wildman–Crippen MR) is 64.1 cm³/mol. The Hall–Kier alpha value is -1.22. The molecule has 104 valence electrons. The van der Waals surface area contributed by atoms with Gasteiger partial charge in [0, 0.05) is 44.7 Å². The highest BCUT2D eigenvalue weighted by atomic mass is 16.4. The van der Waals surface area contributed by atoms with Crippen LogP contribution < -0.4 is 16.1 Å². The van der Waals surface area contributed by atoms with Gasteiger partial charge in [-0.3, -0.25) is 15.0 Å². The van der Waals surface area contributed by atoms with Crippen LogP contribution in [0.4, 0.5) is 0 Å². The van der Waals surface area contributed by atoms with Gasteiger partial charge in [-0.2, -0.15) is 0 Å². The molecule has 0 aromatic rings. The summed E-state index contributed by atoms with van der Waals surface area (Å²) in [6.45, 7) is -4.32. The molecule has 0 bridgehead atoms. The fourth-order valence-electron chi connectivity index (χ4n) is 1.38. The first-order valence-corrected chi connectivity index (χ1v) is 5.53. The topological polar surface area (TPSA) is 114 Å². The number of hydrazine groups is 1. The van der Waals surface area contributed by atoms with Crippen molar-refractivity contribution >= 4 is 11.9 Å². The van der Waals surface area contributed by atoms with Gasteiger partial charge < -0.3 is 20.8 Å². The van der Waals surface area contributed by atoms with Gasteiger partial charge in [-0.25, -0.2) is 5.01 Å². The molecule has 0 aromatic carbocycles. The molecule has 18 heavy (non-hydrogen) atoms. The van der Waals surface area contributed by atoms with Crippen LogP contribution in [0.1, 0.15) is 11.9 Å². The summed E-state index contributed by atoms with van der Waals surface area (Å²) < 4.78 is 31.6. The van der Waals surface area contributed by atoms with Crippen LogP contribution in [0.3, 0.4) is 0 Å². The van der Waals surface area contributed by atoms with E-state index >= 15 is 0 Å². The lowest BCUT2D eigenvalue weighted by Gasteiger charge is -2.29. The normalized spacial score (nSPS) is 30.0. The standard InChI is InChI=1S/C10H20N4O4/c15-9(16)7-8(10(17)18)14-6-5-12-2-1-11-3-4-13-14/h8,11-13H,1-7H2,(H,15,16)(H,17,18)/i5D2,6D2. The van der Waals surface area contributed by atoms with E-state index in [1.165, 1.54) is 0 Å². The molecule has 1 heterocycles. The van der Waals surface area contributed by atoms with Crippen molar-refractivity contribution in [2.45, 2.75) is 12.5 Å². The van der Waals surface area contributed by atoms with E-state index in [2.05, 4.69) is 16.1 Å². The van der Waals surface area contributed by atoms with Gasteiger partial charge in [0.2, 0.25) is 0 Å². The van der Waals surface area contributed by atoms with Gasteiger partial charge in [0.05, 0.1) is 6.42 Å². The number of nitrogens with one attached hydrogen (secondary N) is 3. The Morgan fingerprint density at radius 3 is 2.56 bits per heavy atom. The smallest absolute Gasteiger partial charge is 0.322 e. The molecule has 1 aliphatic rings. The van der Waals surface area contributed by atoms with Crippen molar-refractivity contribution in [2.75, 3.05) is 39.2 Å². The third kappa shape index (κ3) is 5.41. The van der Waals surface area contributed by atoms with Crippen molar-refractivity contribution in [3.8, 4) is 0 Å². The molecule has 5 N–H and O–H groups in total. The Morgan fingerprint density at radius 1 is 1.22 bits per heavy atom. The van der Waals surface area contributed by atoms with E-state index in [1.54, 1.807) is 0 Å². The molecular formula is C10H20N4O4. The van der Waals surface area contributed by atoms with Crippen molar-refractivity contribution in [3.05, 3.63) is 0 Å². The number of aliphatic carboxylic acids is 2. The fraction of sp³-hybridized carbons (Fsp3) is 0.800. The molecule has 1 saturated heterocycles. The van der Waals surface area contributed by atoms with Gasteiger partial charge in [0.1, 0.15) is 6.04 Å². The molecule has 8 nitrogen and oxygen atoms in total. The minimum Gasteiger partial charge on any atom is -0.481 e. The summed E-state index contributed by atoms with van der Waals surface area (Å²) >= 11 is 0. The summed E-state index contributed by atoms with van der Waals surface area (Å²) in [5.41, 5.74) is 2.49. The maximum atomic E-state index is 11.3. The second-order valence-electron chi connectivity index (χ2n) is 3.64. The van der Waals surface area contributed by atoms with E-state index in [0.717, 1.165) is 0 Å². The lowest BCUT2D eigenvalue weighted by molar-refractivity contribution is -0.151. The van der Waals surface area contributed by atoms with Gasteiger partial charge >= 0.3 is 11.9 Å². The maximum Gasteiger partial charge on any atom is 0.322 e. The number of hydrogen-bond acceptors (Lipinski definition) is 6. The molecule has 1 unspecified atom stereocenters. The highest BCUT2D eigenvalue weighted by Crippen LogP contribution is 2.02. The first-order valence-electron chi connectivity index (χ1n) is 7.53. The molecule has 0 radical (unpaired) electrons. The summed E-state index contributed by atoms with van der Waals surface area (Å²) in [6.07, 6.45) is -0.870. The Kier molecular flexibility index (Phi) is 4.29. The average Bonchev–Trinajstić information content (AvgIpc) is 2.38. The lowest BCUT2D eigenvalue weighted by Crippen LogP contribution is -2.55. The van der Waals surface area contributed by atoms with Crippen LogP contribution in [0.5, 0.6) is 0 Å². The second kappa shape index (κ2) is 7.98. The van der Waals surface area contributed by atoms with Crippen molar-refractivity contribution in [1.29, 1.82) is 0 Å². The number of carbonyl (C=O) groups is 2. The van der Waals surface area contributed by atoms with Crippen LogP contribution in [-0.4, -0.2) is 72.4 Å². The van der Waals surface area contributed by atoms with Crippen molar-refractivity contribution in [1.82, 2.24) is 21.1 Å². The minimum absolute atomic E-state index is 0.124. The van der Waals surface area contributed by atoms with Crippen LogP contribution in [0.25, 0.3) is 0 Å². The lowest BCUT2D eigenvalue weighted by atomic mass is 10.2. The molecule has 0 spiro atoms. The van der Waals surface area contributed by atoms with E-state index in [0.29, 0.717) is 18.1 Å². The number of hydrogen-bond donors (Lipinski definition) is 5. The number of nitrogens with zero attached hydrogens (tertiary/aromatic N) is 1. The third-order valence-corrected chi connectivity index (χ3v) is 2.24. The zero-order valence-corrected chi connectivity index (χ0v) is 9.77. The zero-order valence-electron chi connectivity index (χ0n) is 13.8. The fourth-order valence-corrected chi connectivity index (χ4v) is 1.38. The molecule has 1 fully saturated rings. The van der Waals surface area contributed by atoms with E-state index in [9.17, 15) is 14.7 Å². The third-order valence-electron chi connectivity index (χ3n) is 2.24. The van der Waals surface area contributed by atoms with Crippen molar-refractivity contribution < 1.29 is 25.3 Å². The van der Waals surface area contributed by atoms with Gasteiger partial charge in [0.25, 0.3) is 0 Å². The Bertz CT molecular complexity index is 424. The van der Waals surface area contributed by atoms with Gasteiger partial charge in [0.15, 0.2) is 0 Å². The van der Waals surface area contributed by atoms with Crippen LogP contribution in [-0.2, 0) is 9.59 Å². The van der Waals surface area contributed by atoms with Crippen LogP contribution >= 0.6 is 0 Å². The Labute approximate surface area is 111 Å². The molecule has 1 aliphatic heterocycles. The van der Waals surface area contributed by atoms with E-state index < -0.39 is 37.4 Å². The van der Waals surface area contributed by atoms with Gasteiger partial charge in [-0.1, -0.05) is 0 Å². The van der Waals surface area contributed by atoms with Crippen LogP contribution in [0.2, 0.25) is 0 Å². The van der Waals surface area contributed by atoms with Crippen molar-refractivity contribution in [3.63, 3.8) is 0 Å². The Balaban J connectivity index is 3.15. The minimum atomic E-state index is -2.79. The maximum absolute atomic E-state index is 11.3. The van der Waals surface area contributed by atoms with E-state index in [1.807, 2.05) is 0 Å². The molecule has 1 atom stereocenters. The SMILES string of the molecule is [2H]C1([2H])NCCNCCNN(C(CC(=O)O)C(=O)O)C1([2H])[2H]. The molecule has 8 heteroatoms. The van der Waals surface area contributed by atoms with Crippen LogP contribution in [0, 0.1) is 0 Å². The number of rotatable bonds is 4. The second-order valence-corrected chi connectivity index (χ2v) is 3.64. The highest BCUT2D eigenvalue weighted by Gasteiger charge is 2.27. The molecule has 0 amide bonds. The van der Waals surface area contributed by atoms with Crippen LogP contribution in [0.15, 0.2) is 0 Å². The number of carboxylic acid groups (broad SMARTS) is 2. The van der Waals surface area contributed by atoms with Gasteiger partial charge in [-0.05, 0) is 0 Å².